The van der Waals surface area contributed by atoms with Gasteiger partial charge in [0.25, 0.3) is 0 Å². The van der Waals surface area contributed by atoms with Gasteiger partial charge in [0.1, 0.15) is 0 Å². The number of sulfonamides is 1. The molecule has 0 N–H and O–H groups in total. The van der Waals surface area contributed by atoms with Crippen molar-refractivity contribution in [3.05, 3.63) is 70.7 Å². The van der Waals surface area contributed by atoms with E-state index in [1.807, 2.05) is 30.3 Å². The molecule has 1 saturated heterocycles. The molecule has 150 valence electrons. The van der Waals surface area contributed by atoms with E-state index in [2.05, 4.69) is 0 Å². The van der Waals surface area contributed by atoms with Crippen LogP contribution in [0.3, 0.4) is 0 Å². The van der Waals surface area contributed by atoms with Gasteiger partial charge in [-0.2, -0.15) is 0 Å². The van der Waals surface area contributed by atoms with Crippen molar-refractivity contribution in [1.29, 1.82) is 0 Å². The van der Waals surface area contributed by atoms with Crippen molar-refractivity contribution in [2.24, 2.45) is 5.92 Å². The molecule has 0 unspecified atom stereocenters. The van der Waals surface area contributed by atoms with Gasteiger partial charge < -0.3 is 4.90 Å². The third-order valence-corrected chi connectivity index (χ3v) is 7.10. The molecule has 0 aromatic heterocycles. The van der Waals surface area contributed by atoms with Crippen molar-refractivity contribution in [3.8, 4) is 0 Å². The Bertz CT molecular complexity index is 901. The summed E-state index contributed by atoms with van der Waals surface area (Å²) in [7, 11) is -1.71. The number of amides is 1. The van der Waals surface area contributed by atoms with E-state index < -0.39 is 10.0 Å². The van der Waals surface area contributed by atoms with Crippen LogP contribution in [0.4, 0.5) is 0 Å². The van der Waals surface area contributed by atoms with E-state index in [9.17, 15) is 13.2 Å². The van der Waals surface area contributed by atoms with E-state index in [-0.39, 0.29) is 24.1 Å². The molecular formula is C21H25ClN2O3S. The summed E-state index contributed by atoms with van der Waals surface area (Å²) < 4.78 is 27.1. The average Bonchev–Trinajstić information content (AvgIpc) is 2.70. The van der Waals surface area contributed by atoms with Gasteiger partial charge in [0.2, 0.25) is 15.9 Å². The number of hydrogen-bond donors (Lipinski definition) is 0. The molecule has 1 atom stereocenters. The smallest absolute Gasteiger partial charge is 0.227 e. The minimum Gasteiger partial charge on any atom is -0.341 e. The summed E-state index contributed by atoms with van der Waals surface area (Å²) in [4.78, 5) is 14.6. The number of carbonyl (C=O) groups is 1. The molecular weight excluding hydrogens is 396 g/mol. The Morgan fingerprint density at radius 3 is 2.46 bits per heavy atom. The molecule has 1 fully saturated rings. The van der Waals surface area contributed by atoms with Crippen LogP contribution in [-0.4, -0.2) is 43.7 Å². The molecule has 0 bridgehead atoms. The van der Waals surface area contributed by atoms with Crippen molar-refractivity contribution >= 4 is 27.5 Å². The highest BCUT2D eigenvalue weighted by Gasteiger charge is 2.33. The van der Waals surface area contributed by atoms with E-state index in [1.165, 1.54) is 4.31 Å². The number of rotatable bonds is 6. The number of nitrogens with zero attached hydrogens (tertiary/aromatic N) is 2. The van der Waals surface area contributed by atoms with Gasteiger partial charge >= 0.3 is 0 Å². The Hall–Kier alpha value is -1.89. The fraction of sp³-hybridized carbons (Fsp3) is 0.381. The molecule has 0 spiro atoms. The van der Waals surface area contributed by atoms with Crippen LogP contribution < -0.4 is 0 Å². The van der Waals surface area contributed by atoms with E-state index in [4.69, 9.17) is 11.6 Å². The second kappa shape index (κ2) is 9.07. The van der Waals surface area contributed by atoms with Gasteiger partial charge in [0.15, 0.2) is 0 Å². The quantitative estimate of drug-likeness (QED) is 0.718. The first-order valence-electron chi connectivity index (χ1n) is 9.36. The predicted octanol–water partition coefficient (Wildman–Crippen LogP) is 3.54. The average molecular weight is 421 g/mol. The summed E-state index contributed by atoms with van der Waals surface area (Å²) in [5, 5.41) is 0.575. The van der Waals surface area contributed by atoms with Gasteiger partial charge in [0, 0.05) is 31.7 Å². The molecule has 1 aliphatic rings. The van der Waals surface area contributed by atoms with Gasteiger partial charge in [-0.3, -0.25) is 4.79 Å². The lowest BCUT2D eigenvalue weighted by molar-refractivity contribution is -0.135. The molecule has 1 amide bonds. The molecule has 0 saturated carbocycles. The molecule has 7 heteroatoms. The summed E-state index contributed by atoms with van der Waals surface area (Å²) in [6, 6.07) is 16.6. The van der Waals surface area contributed by atoms with Crippen LogP contribution in [0.15, 0.2) is 54.6 Å². The summed E-state index contributed by atoms with van der Waals surface area (Å²) >= 11 is 5.87. The third-order valence-electron chi connectivity index (χ3n) is 5.03. The second-order valence-electron chi connectivity index (χ2n) is 7.26. The van der Waals surface area contributed by atoms with Gasteiger partial charge in [-0.05, 0) is 36.1 Å². The summed E-state index contributed by atoms with van der Waals surface area (Å²) in [5.74, 6) is -0.386. The predicted molar refractivity (Wildman–Crippen MR) is 111 cm³/mol. The molecule has 1 heterocycles. The van der Waals surface area contributed by atoms with Crippen LogP contribution in [0, 0.1) is 5.92 Å². The van der Waals surface area contributed by atoms with Crippen molar-refractivity contribution < 1.29 is 13.2 Å². The Morgan fingerprint density at radius 1 is 1.11 bits per heavy atom. The van der Waals surface area contributed by atoms with Gasteiger partial charge in [-0.25, -0.2) is 12.7 Å². The highest BCUT2D eigenvalue weighted by atomic mass is 35.5. The highest BCUT2D eigenvalue weighted by molar-refractivity contribution is 7.88. The van der Waals surface area contributed by atoms with Gasteiger partial charge in [0.05, 0.1) is 11.7 Å². The maximum absolute atomic E-state index is 12.9. The van der Waals surface area contributed by atoms with Crippen molar-refractivity contribution in [2.75, 3.05) is 20.1 Å². The van der Waals surface area contributed by atoms with Crippen LogP contribution in [0.25, 0.3) is 0 Å². The zero-order chi connectivity index (χ0) is 20.1. The largest absolute Gasteiger partial charge is 0.341 e. The number of halogens is 1. The van der Waals surface area contributed by atoms with E-state index in [0.29, 0.717) is 36.5 Å². The standard InChI is InChI=1S/C21H25ClN2O3S/c1-23(14-17-6-3-2-4-7-17)21(25)19-8-5-13-24(15-19)28(26,27)16-18-9-11-20(22)12-10-18/h2-4,6-7,9-12,19H,5,8,13-16H2,1H3/t19-/m1/s1. The van der Waals surface area contributed by atoms with Gasteiger partial charge in [-0.15, -0.1) is 0 Å². The first-order chi connectivity index (χ1) is 13.3. The third kappa shape index (κ3) is 5.34. The van der Waals surface area contributed by atoms with Crippen molar-refractivity contribution in [2.45, 2.75) is 25.1 Å². The molecule has 1 aliphatic heterocycles. The topological polar surface area (TPSA) is 57.7 Å². The lowest BCUT2D eigenvalue weighted by Crippen LogP contribution is -2.46. The van der Waals surface area contributed by atoms with Crippen LogP contribution >= 0.6 is 11.6 Å². The molecule has 0 radical (unpaired) electrons. The zero-order valence-corrected chi connectivity index (χ0v) is 17.5. The Balaban J connectivity index is 1.63. The Morgan fingerprint density at radius 2 is 1.79 bits per heavy atom. The van der Waals surface area contributed by atoms with Crippen molar-refractivity contribution in [3.63, 3.8) is 0 Å². The Kier molecular flexibility index (Phi) is 6.75. The molecule has 2 aromatic carbocycles. The summed E-state index contributed by atoms with van der Waals surface area (Å²) in [5.41, 5.74) is 1.75. The van der Waals surface area contributed by atoms with E-state index >= 15 is 0 Å². The molecule has 3 rings (SSSR count). The van der Waals surface area contributed by atoms with Crippen LogP contribution in [0.1, 0.15) is 24.0 Å². The number of piperidine rings is 1. The summed E-state index contributed by atoms with van der Waals surface area (Å²) in [6.07, 6.45) is 1.40. The first-order valence-corrected chi connectivity index (χ1v) is 11.3. The van der Waals surface area contributed by atoms with Crippen LogP contribution in [0.2, 0.25) is 5.02 Å². The minimum absolute atomic E-state index is 0.00440. The molecule has 28 heavy (non-hydrogen) atoms. The van der Waals surface area contributed by atoms with Crippen molar-refractivity contribution in [1.82, 2.24) is 9.21 Å². The molecule has 5 nitrogen and oxygen atoms in total. The van der Waals surface area contributed by atoms with E-state index in [0.717, 1.165) is 5.56 Å². The normalized spacial score (nSPS) is 18.0. The number of hydrogen-bond acceptors (Lipinski definition) is 3. The maximum atomic E-state index is 12.9. The highest BCUT2D eigenvalue weighted by Crippen LogP contribution is 2.24. The first kappa shape index (κ1) is 20.8. The van der Waals surface area contributed by atoms with Crippen LogP contribution in [0.5, 0.6) is 0 Å². The SMILES string of the molecule is CN(Cc1ccccc1)C(=O)[C@@H]1CCCN(S(=O)(=O)Cc2ccc(Cl)cc2)C1. The fourth-order valence-electron chi connectivity index (χ4n) is 3.53. The van der Waals surface area contributed by atoms with Crippen LogP contribution in [-0.2, 0) is 27.1 Å². The fourth-order valence-corrected chi connectivity index (χ4v) is 5.26. The monoisotopic (exact) mass is 420 g/mol. The Labute approximate surface area is 172 Å². The second-order valence-corrected chi connectivity index (χ2v) is 9.67. The lowest BCUT2D eigenvalue weighted by atomic mass is 9.98. The minimum atomic E-state index is -3.48. The number of benzene rings is 2. The zero-order valence-electron chi connectivity index (χ0n) is 15.9. The van der Waals surface area contributed by atoms with E-state index in [1.54, 1.807) is 36.2 Å². The molecule has 2 aromatic rings. The number of carbonyl (C=O) groups excluding carboxylic acids is 1. The van der Waals surface area contributed by atoms with Gasteiger partial charge in [-0.1, -0.05) is 54.1 Å². The summed E-state index contributed by atoms with van der Waals surface area (Å²) in [6.45, 7) is 1.23. The lowest BCUT2D eigenvalue weighted by Gasteiger charge is -2.33. The maximum Gasteiger partial charge on any atom is 0.227 e. The molecule has 0 aliphatic carbocycles.